The standard InChI is InChI=1S/C34H33N7O2S/c1-21-9-14-30(44-21)41-23(3)31(22(2)39-41)29-19-24-20-36-34(38-32(24)40(33(29)42)26-7-5-4-6-8-26)37-25-10-12-27(13-11-25)43-28-15-17-35-18-16-28/h4-14,19-20,28,35H,15-18H2,1-3H3,(H,36,37,38). The molecule has 0 atom stereocenters. The summed E-state index contributed by atoms with van der Waals surface area (Å²) >= 11 is 1.67. The Morgan fingerprint density at radius 2 is 1.75 bits per heavy atom. The molecule has 1 saturated heterocycles. The molecule has 1 aliphatic heterocycles. The summed E-state index contributed by atoms with van der Waals surface area (Å²) in [5, 5.41) is 13.2. The first kappa shape index (κ1) is 28.0. The summed E-state index contributed by atoms with van der Waals surface area (Å²) in [6, 6.07) is 23.4. The third-order valence-electron chi connectivity index (χ3n) is 7.95. The average molecular weight is 604 g/mol. The predicted octanol–water partition coefficient (Wildman–Crippen LogP) is 6.49. The number of benzene rings is 2. The maximum Gasteiger partial charge on any atom is 0.264 e. The van der Waals surface area contributed by atoms with Gasteiger partial charge >= 0.3 is 0 Å². The minimum absolute atomic E-state index is 0.166. The molecule has 1 aliphatic rings. The van der Waals surface area contributed by atoms with Crippen LogP contribution in [-0.4, -0.2) is 43.5 Å². The minimum Gasteiger partial charge on any atom is -0.490 e. The number of para-hydroxylation sites is 1. The monoisotopic (exact) mass is 603 g/mol. The number of nitrogens with zero attached hydrogens (tertiary/aromatic N) is 5. The molecule has 4 aromatic heterocycles. The topological polar surface area (TPSA) is 98.9 Å². The fourth-order valence-corrected chi connectivity index (χ4v) is 6.65. The summed E-state index contributed by atoms with van der Waals surface area (Å²) in [5.74, 6) is 1.24. The smallest absolute Gasteiger partial charge is 0.264 e. The van der Waals surface area contributed by atoms with E-state index >= 15 is 0 Å². The van der Waals surface area contributed by atoms with Crippen LogP contribution < -0.4 is 20.9 Å². The van der Waals surface area contributed by atoms with E-state index in [2.05, 4.69) is 34.7 Å². The number of hydrogen-bond acceptors (Lipinski definition) is 8. The van der Waals surface area contributed by atoms with Gasteiger partial charge in [-0.05, 0) is 101 Å². The normalized spacial score (nSPS) is 13.8. The van der Waals surface area contributed by atoms with Crippen molar-refractivity contribution in [1.29, 1.82) is 0 Å². The van der Waals surface area contributed by atoms with Crippen molar-refractivity contribution in [2.45, 2.75) is 39.7 Å². The Kier molecular flexibility index (Phi) is 7.45. The van der Waals surface area contributed by atoms with Gasteiger partial charge < -0.3 is 15.4 Å². The third kappa shape index (κ3) is 5.38. The van der Waals surface area contributed by atoms with Crippen LogP contribution in [0.4, 0.5) is 11.6 Å². The van der Waals surface area contributed by atoms with Crippen molar-refractivity contribution in [3.05, 3.63) is 106 Å². The first-order chi connectivity index (χ1) is 21.4. The summed E-state index contributed by atoms with van der Waals surface area (Å²) in [6.07, 6.45) is 4.01. The molecular weight excluding hydrogens is 570 g/mol. The largest absolute Gasteiger partial charge is 0.490 e. The molecule has 9 nitrogen and oxygen atoms in total. The number of anilines is 2. The number of piperidine rings is 1. The van der Waals surface area contributed by atoms with E-state index in [1.807, 2.05) is 79.2 Å². The first-order valence-corrected chi connectivity index (χ1v) is 15.6. The second-order valence-corrected chi connectivity index (χ2v) is 12.3. The lowest BCUT2D eigenvalue weighted by Crippen LogP contribution is -2.34. The Labute approximate surface area is 259 Å². The maximum absolute atomic E-state index is 14.3. The Morgan fingerprint density at radius 3 is 2.48 bits per heavy atom. The number of hydrogen-bond donors (Lipinski definition) is 2. The van der Waals surface area contributed by atoms with E-state index in [1.165, 1.54) is 4.88 Å². The molecule has 222 valence electrons. The molecule has 0 spiro atoms. The quantitative estimate of drug-likeness (QED) is 0.215. The van der Waals surface area contributed by atoms with Crippen molar-refractivity contribution in [1.82, 2.24) is 29.6 Å². The molecule has 10 heteroatoms. The van der Waals surface area contributed by atoms with Crippen molar-refractivity contribution < 1.29 is 4.74 Å². The van der Waals surface area contributed by atoms with Crippen molar-refractivity contribution in [2.75, 3.05) is 18.4 Å². The van der Waals surface area contributed by atoms with Crippen LogP contribution in [0.3, 0.4) is 0 Å². The van der Waals surface area contributed by atoms with E-state index in [9.17, 15) is 4.79 Å². The van der Waals surface area contributed by atoms with E-state index in [4.69, 9.17) is 14.8 Å². The van der Waals surface area contributed by atoms with E-state index in [0.29, 0.717) is 17.2 Å². The lowest BCUT2D eigenvalue weighted by molar-refractivity contribution is 0.162. The average Bonchev–Trinajstić information content (AvgIpc) is 3.60. The third-order valence-corrected chi connectivity index (χ3v) is 8.93. The molecule has 2 N–H and O–H groups in total. The number of aryl methyl sites for hydroxylation is 2. The molecule has 0 unspecified atom stereocenters. The molecule has 2 aromatic carbocycles. The Hall–Kier alpha value is -4.80. The Bertz CT molecular complexity index is 2010. The van der Waals surface area contributed by atoms with Crippen LogP contribution in [0.25, 0.3) is 32.8 Å². The lowest BCUT2D eigenvalue weighted by atomic mass is 10.0. The van der Waals surface area contributed by atoms with Gasteiger partial charge in [-0.1, -0.05) is 18.2 Å². The zero-order valence-corrected chi connectivity index (χ0v) is 25.7. The SMILES string of the molecule is Cc1ccc(-n2nc(C)c(-c3cc4cnc(Nc5ccc(OC6CCNCC6)cc5)nc4n(-c4ccccc4)c3=O)c2C)s1. The summed E-state index contributed by atoms with van der Waals surface area (Å²) < 4.78 is 9.73. The highest BCUT2D eigenvalue weighted by molar-refractivity contribution is 7.14. The number of ether oxygens (including phenoxy) is 1. The number of pyridine rings is 1. The van der Waals surface area contributed by atoms with Gasteiger partial charge in [0.2, 0.25) is 5.95 Å². The van der Waals surface area contributed by atoms with Gasteiger partial charge in [0.15, 0.2) is 5.65 Å². The van der Waals surface area contributed by atoms with Crippen LogP contribution in [0.2, 0.25) is 0 Å². The van der Waals surface area contributed by atoms with Crippen molar-refractivity contribution in [3.8, 4) is 27.6 Å². The van der Waals surface area contributed by atoms with E-state index in [0.717, 1.165) is 70.4 Å². The molecule has 0 radical (unpaired) electrons. The van der Waals surface area contributed by atoms with Gasteiger partial charge in [-0.3, -0.25) is 9.36 Å². The van der Waals surface area contributed by atoms with E-state index in [1.54, 1.807) is 22.1 Å². The maximum atomic E-state index is 14.3. The summed E-state index contributed by atoms with van der Waals surface area (Å²) in [5.41, 5.74) is 4.99. The van der Waals surface area contributed by atoms with Crippen LogP contribution in [-0.2, 0) is 0 Å². The molecule has 7 rings (SSSR count). The second kappa shape index (κ2) is 11.7. The van der Waals surface area contributed by atoms with Gasteiger partial charge in [0.1, 0.15) is 16.9 Å². The number of nitrogens with one attached hydrogen (secondary N) is 2. The Morgan fingerprint density at radius 1 is 0.977 bits per heavy atom. The van der Waals surface area contributed by atoms with Crippen LogP contribution in [0.5, 0.6) is 5.75 Å². The summed E-state index contributed by atoms with van der Waals surface area (Å²) in [7, 11) is 0. The van der Waals surface area contributed by atoms with Gasteiger partial charge in [0.05, 0.1) is 22.6 Å². The highest BCUT2D eigenvalue weighted by Gasteiger charge is 2.22. The number of aromatic nitrogens is 5. The summed E-state index contributed by atoms with van der Waals surface area (Å²) in [6.45, 7) is 7.99. The molecule has 1 fully saturated rings. The fraction of sp³-hybridized carbons (Fsp3) is 0.235. The van der Waals surface area contributed by atoms with Gasteiger partial charge in [-0.2, -0.15) is 10.1 Å². The van der Waals surface area contributed by atoms with Gasteiger partial charge in [0, 0.05) is 27.7 Å². The van der Waals surface area contributed by atoms with Gasteiger partial charge in [-0.25, -0.2) is 9.67 Å². The molecular formula is C34H33N7O2S. The number of thiophene rings is 1. The van der Waals surface area contributed by atoms with Crippen LogP contribution in [0.15, 0.2) is 83.8 Å². The van der Waals surface area contributed by atoms with Crippen LogP contribution in [0.1, 0.15) is 29.1 Å². The molecule has 5 heterocycles. The van der Waals surface area contributed by atoms with Gasteiger partial charge in [-0.15, -0.1) is 11.3 Å². The second-order valence-electron chi connectivity index (χ2n) is 11.1. The highest BCUT2D eigenvalue weighted by atomic mass is 32.1. The molecule has 44 heavy (non-hydrogen) atoms. The molecule has 0 amide bonds. The Balaban J connectivity index is 1.27. The minimum atomic E-state index is -0.166. The number of fused-ring (bicyclic) bond motifs is 1. The van der Waals surface area contributed by atoms with Gasteiger partial charge in [0.25, 0.3) is 5.56 Å². The number of rotatable bonds is 7. The fourth-order valence-electron chi connectivity index (χ4n) is 5.79. The van der Waals surface area contributed by atoms with E-state index in [-0.39, 0.29) is 11.7 Å². The summed E-state index contributed by atoms with van der Waals surface area (Å²) in [4.78, 5) is 25.0. The molecule has 0 saturated carbocycles. The molecule has 0 aliphatic carbocycles. The van der Waals surface area contributed by atoms with Crippen molar-refractivity contribution >= 4 is 34.0 Å². The molecule has 6 aromatic rings. The zero-order valence-electron chi connectivity index (χ0n) is 24.9. The van der Waals surface area contributed by atoms with Crippen molar-refractivity contribution in [3.63, 3.8) is 0 Å². The zero-order chi connectivity index (χ0) is 30.2. The van der Waals surface area contributed by atoms with Crippen LogP contribution in [0, 0.1) is 20.8 Å². The van der Waals surface area contributed by atoms with E-state index < -0.39 is 0 Å². The first-order valence-electron chi connectivity index (χ1n) is 14.8. The van der Waals surface area contributed by atoms with Crippen molar-refractivity contribution in [2.24, 2.45) is 0 Å². The highest BCUT2D eigenvalue weighted by Crippen LogP contribution is 2.31. The predicted molar refractivity (Wildman–Crippen MR) is 176 cm³/mol. The lowest BCUT2D eigenvalue weighted by Gasteiger charge is -2.23. The van der Waals surface area contributed by atoms with Crippen LogP contribution >= 0.6 is 11.3 Å². The molecule has 0 bridgehead atoms.